The zero-order chi connectivity index (χ0) is 25.3. The van der Waals surface area contributed by atoms with Gasteiger partial charge in [-0.25, -0.2) is 18.5 Å². The molecule has 1 heterocycles. The van der Waals surface area contributed by atoms with Crippen molar-refractivity contribution in [2.75, 3.05) is 0 Å². The molecule has 2 aromatic carbocycles. The summed E-state index contributed by atoms with van der Waals surface area (Å²) in [5, 5.41) is 18.1. The molecule has 0 radical (unpaired) electrons. The normalized spacial score (nSPS) is 15.3. The van der Waals surface area contributed by atoms with Gasteiger partial charge in [0, 0.05) is 0 Å². The molecule has 0 fully saturated rings. The van der Waals surface area contributed by atoms with Crippen molar-refractivity contribution in [2.24, 2.45) is 21.6 Å². The molecule has 4 rings (SSSR count). The monoisotopic (exact) mass is 496 g/mol. The second kappa shape index (κ2) is 9.38. The van der Waals surface area contributed by atoms with Gasteiger partial charge in [-0.2, -0.15) is 18.4 Å². The highest BCUT2D eigenvalue weighted by molar-refractivity contribution is 7.89. The Morgan fingerprint density at radius 2 is 1.79 bits per heavy atom. The van der Waals surface area contributed by atoms with Gasteiger partial charge in [0.05, 0.1) is 17.2 Å². The zero-order valence-corrected chi connectivity index (χ0v) is 19.1. The molecule has 1 aliphatic rings. The molecule has 1 aliphatic carbocycles. The van der Waals surface area contributed by atoms with Crippen molar-refractivity contribution in [3.05, 3.63) is 47.0 Å². The number of nitrogens with zero attached hydrogens (tertiary/aromatic N) is 4. The number of guanidine groups is 1. The predicted molar refractivity (Wildman–Crippen MR) is 120 cm³/mol. The van der Waals surface area contributed by atoms with Crippen LogP contribution in [0.15, 0.2) is 40.2 Å². The van der Waals surface area contributed by atoms with E-state index in [1.165, 1.54) is 0 Å². The maximum atomic E-state index is 13.6. The Labute approximate surface area is 193 Å². The van der Waals surface area contributed by atoms with Gasteiger partial charge in [0.2, 0.25) is 15.8 Å². The van der Waals surface area contributed by atoms with Crippen molar-refractivity contribution < 1.29 is 21.6 Å². The summed E-state index contributed by atoms with van der Waals surface area (Å²) in [7, 11) is -4.82. The van der Waals surface area contributed by atoms with Crippen molar-refractivity contribution in [1.82, 2.24) is 20.6 Å². The number of primary sulfonamides is 1. The fourth-order valence-electron chi connectivity index (χ4n) is 3.90. The number of tetrazole rings is 1. The lowest BCUT2D eigenvalue weighted by molar-refractivity contribution is -0.139. The molecule has 0 aliphatic heterocycles. The molecular weight excluding hydrogens is 473 g/mol. The van der Waals surface area contributed by atoms with Crippen LogP contribution in [0.1, 0.15) is 30.5 Å². The summed E-state index contributed by atoms with van der Waals surface area (Å²) in [4.78, 5) is 3.03. The minimum atomic E-state index is -4.98. The van der Waals surface area contributed by atoms with Crippen molar-refractivity contribution >= 4 is 16.0 Å². The SMILES string of the molecule is CC.NC(N)=NC1Cc2ccc(-c3ccc(C(F)(F)F)c(S(N)(=O)=O)c3-c3nn[nH]n3)cc2C1. The molecule has 1 unspecified atom stereocenters. The summed E-state index contributed by atoms with van der Waals surface area (Å²) in [6.07, 6.45) is -3.87. The maximum Gasteiger partial charge on any atom is 0.417 e. The Bertz CT molecular complexity index is 1320. The third-order valence-corrected chi connectivity index (χ3v) is 6.07. The largest absolute Gasteiger partial charge is 0.417 e. The first-order valence-corrected chi connectivity index (χ1v) is 11.7. The molecule has 1 atom stereocenters. The summed E-state index contributed by atoms with van der Waals surface area (Å²) in [5.41, 5.74) is 11.6. The molecule has 3 aromatic rings. The molecule has 0 saturated heterocycles. The quantitative estimate of drug-likeness (QED) is 0.315. The van der Waals surface area contributed by atoms with Gasteiger partial charge in [0.15, 0.2) is 5.96 Å². The number of hydrogen-bond donors (Lipinski definition) is 4. The Balaban J connectivity index is 0.00000158. The van der Waals surface area contributed by atoms with Gasteiger partial charge in [0.25, 0.3) is 0 Å². The molecule has 0 spiro atoms. The van der Waals surface area contributed by atoms with Crippen LogP contribution < -0.4 is 16.6 Å². The molecule has 182 valence electrons. The molecule has 0 saturated carbocycles. The summed E-state index contributed by atoms with van der Waals surface area (Å²) < 4.78 is 65.5. The van der Waals surface area contributed by atoms with E-state index in [2.05, 4.69) is 25.6 Å². The number of nitrogens with one attached hydrogen (secondary N) is 1. The molecular formula is C20H23F3N8O2S. The van der Waals surface area contributed by atoms with Crippen LogP contribution in [0.2, 0.25) is 0 Å². The number of nitrogens with two attached hydrogens (primary N) is 3. The van der Waals surface area contributed by atoms with Crippen LogP contribution >= 0.6 is 0 Å². The second-order valence-corrected chi connectivity index (χ2v) is 8.74. The van der Waals surface area contributed by atoms with Gasteiger partial charge in [-0.3, -0.25) is 0 Å². The van der Waals surface area contributed by atoms with Crippen molar-refractivity contribution in [2.45, 2.75) is 43.8 Å². The summed E-state index contributed by atoms with van der Waals surface area (Å²) in [5.74, 6) is -0.378. The van der Waals surface area contributed by atoms with Gasteiger partial charge in [0.1, 0.15) is 4.90 Å². The number of alkyl halides is 3. The number of rotatable bonds is 4. The van der Waals surface area contributed by atoms with E-state index in [-0.39, 0.29) is 23.4 Å². The molecule has 34 heavy (non-hydrogen) atoms. The predicted octanol–water partition coefficient (Wildman–Crippen LogP) is 1.97. The summed E-state index contributed by atoms with van der Waals surface area (Å²) >= 11 is 0. The van der Waals surface area contributed by atoms with Crippen molar-refractivity contribution in [3.8, 4) is 22.5 Å². The van der Waals surface area contributed by atoms with Crippen LogP contribution in [0.3, 0.4) is 0 Å². The number of halogens is 3. The number of benzene rings is 2. The van der Waals surface area contributed by atoms with Crippen molar-refractivity contribution in [3.63, 3.8) is 0 Å². The van der Waals surface area contributed by atoms with Crippen LogP contribution in [0, 0.1) is 0 Å². The molecule has 14 heteroatoms. The molecule has 0 amide bonds. The first kappa shape index (κ1) is 25.1. The number of aromatic nitrogens is 4. The number of fused-ring (bicyclic) bond motifs is 1. The number of aliphatic imine (C=N–C) groups is 1. The van der Waals surface area contributed by atoms with E-state index in [9.17, 15) is 21.6 Å². The third-order valence-electron chi connectivity index (χ3n) is 5.08. The topological polar surface area (TPSA) is 179 Å². The fraction of sp³-hybridized carbons (Fsp3) is 0.300. The fourth-order valence-corrected chi connectivity index (χ4v) is 4.87. The number of aromatic amines is 1. The molecule has 7 N–H and O–H groups in total. The first-order valence-electron chi connectivity index (χ1n) is 10.2. The Kier molecular flexibility index (Phi) is 6.93. The van der Waals surface area contributed by atoms with E-state index in [0.29, 0.717) is 24.5 Å². The smallest absolute Gasteiger partial charge is 0.370 e. The standard InChI is InChI=1S/C18H17F3N8O2S.C2H6/c19-18(20,21)13-4-3-12(14(15(13)32(24,30)31)16-26-28-29-27-16)9-2-1-8-6-11(25-17(22)23)7-10(8)5-9;1-2/h1-5,11H,6-7H2,(H4,22,23,25)(H2,24,30,31)(H,26,27,28,29);1-2H3. The Hall–Kier alpha value is -3.52. The molecule has 1 aromatic heterocycles. The van der Waals surface area contributed by atoms with Crippen LogP contribution in [0.25, 0.3) is 22.5 Å². The van der Waals surface area contributed by atoms with E-state index >= 15 is 0 Å². The number of sulfonamides is 1. The Morgan fingerprint density at radius 1 is 1.12 bits per heavy atom. The highest BCUT2D eigenvalue weighted by Gasteiger charge is 2.40. The Morgan fingerprint density at radius 3 is 2.35 bits per heavy atom. The average Bonchev–Trinajstić information content (AvgIpc) is 3.41. The van der Waals surface area contributed by atoms with Gasteiger partial charge < -0.3 is 11.5 Å². The highest BCUT2D eigenvalue weighted by Crippen LogP contribution is 2.43. The van der Waals surface area contributed by atoms with Gasteiger partial charge in [-0.1, -0.05) is 38.1 Å². The van der Waals surface area contributed by atoms with Crippen LogP contribution in [-0.4, -0.2) is 41.0 Å². The van der Waals surface area contributed by atoms with Crippen LogP contribution in [0.4, 0.5) is 13.2 Å². The van der Waals surface area contributed by atoms with E-state index in [1.54, 1.807) is 18.2 Å². The summed E-state index contributed by atoms with van der Waals surface area (Å²) in [6.45, 7) is 4.00. The van der Waals surface area contributed by atoms with Crippen LogP contribution in [0.5, 0.6) is 0 Å². The van der Waals surface area contributed by atoms with E-state index in [0.717, 1.165) is 17.2 Å². The first-order chi connectivity index (χ1) is 15.9. The third kappa shape index (κ3) is 5.02. The van der Waals surface area contributed by atoms with Gasteiger partial charge in [-0.05, 0) is 46.4 Å². The maximum absolute atomic E-state index is 13.6. The molecule has 0 bridgehead atoms. The highest BCUT2D eigenvalue weighted by atomic mass is 32.2. The van der Waals surface area contributed by atoms with E-state index in [4.69, 9.17) is 16.6 Å². The minimum absolute atomic E-state index is 0.0389. The lowest BCUT2D eigenvalue weighted by Crippen LogP contribution is -2.25. The molecule has 10 nitrogen and oxygen atoms in total. The van der Waals surface area contributed by atoms with E-state index in [1.807, 2.05) is 13.8 Å². The second-order valence-electron chi connectivity index (χ2n) is 7.24. The van der Waals surface area contributed by atoms with Gasteiger partial charge >= 0.3 is 6.18 Å². The van der Waals surface area contributed by atoms with E-state index < -0.39 is 32.2 Å². The van der Waals surface area contributed by atoms with Gasteiger partial charge in [-0.15, -0.1) is 10.2 Å². The lowest BCUT2D eigenvalue weighted by atomic mass is 9.94. The number of H-pyrrole nitrogens is 1. The van der Waals surface area contributed by atoms with Crippen molar-refractivity contribution in [1.29, 1.82) is 0 Å². The zero-order valence-electron chi connectivity index (χ0n) is 18.3. The lowest BCUT2D eigenvalue weighted by Gasteiger charge is -2.18. The summed E-state index contributed by atoms with van der Waals surface area (Å²) in [6, 6.07) is 6.88. The average molecular weight is 497 g/mol. The minimum Gasteiger partial charge on any atom is -0.370 e. The number of hydrogen-bond acceptors (Lipinski definition) is 6. The van der Waals surface area contributed by atoms with Crippen LogP contribution in [-0.2, 0) is 29.0 Å².